The van der Waals surface area contributed by atoms with Crippen molar-refractivity contribution in [1.82, 2.24) is 9.88 Å². The first kappa shape index (κ1) is 29.4. The third-order valence-corrected chi connectivity index (χ3v) is 6.74. The van der Waals surface area contributed by atoms with Crippen LogP contribution >= 0.6 is 0 Å². The van der Waals surface area contributed by atoms with E-state index in [4.69, 9.17) is 14.2 Å². The number of aliphatic hydroxyl groups excluding tert-OH is 1. The largest absolute Gasteiger partial charge is 0.453 e. The highest BCUT2D eigenvalue weighted by atomic mass is 16.7. The number of hydrogen-bond donors (Lipinski definition) is 2. The Hall–Kier alpha value is -3.63. The number of benzene rings is 2. The molecular weight excluding hydrogens is 510 g/mol. The maximum atomic E-state index is 12.5. The highest BCUT2D eigenvalue weighted by Crippen LogP contribution is 2.38. The molecule has 0 aliphatic carbocycles. The molecule has 4 atom stereocenters. The van der Waals surface area contributed by atoms with Crippen LogP contribution < -0.4 is 5.32 Å². The maximum Gasteiger partial charge on any atom is 0.303 e. The van der Waals surface area contributed by atoms with Gasteiger partial charge in [0.15, 0.2) is 12.4 Å². The Morgan fingerprint density at radius 2 is 1.90 bits per heavy atom. The molecule has 2 aromatic carbocycles. The molecule has 9 nitrogen and oxygen atoms in total. The molecule has 1 aliphatic heterocycles. The molecule has 1 fully saturated rings. The van der Waals surface area contributed by atoms with Crippen LogP contribution in [0.4, 0.5) is 5.69 Å². The Balaban J connectivity index is 1.48. The third-order valence-electron chi connectivity index (χ3n) is 6.74. The van der Waals surface area contributed by atoms with E-state index in [0.29, 0.717) is 18.7 Å². The van der Waals surface area contributed by atoms with Gasteiger partial charge in [-0.15, -0.1) is 0 Å². The van der Waals surface area contributed by atoms with Gasteiger partial charge in [0, 0.05) is 56.0 Å². The molecule has 0 spiro atoms. The molecule has 2 N–H and O–H groups in total. The number of amides is 1. The summed E-state index contributed by atoms with van der Waals surface area (Å²) in [6.07, 6.45) is 1.40. The molecule has 3 aromatic rings. The Labute approximate surface area is 235 Å². The minimum atomic E-state index is -0.916. The molecule has 2 heterocycles. The van der Waals surface area contributed by atoms with Gasteiger partial charge in [-0.3, -0.25) is 14.6 Å². The molecule has 0 saturated carbocycles. The summed E-state index contributed by atoms with van der Waals surface area (Å²) in [5.41, 5.74) is 4.20. The van der Waals surface area contributed by atoms with E-state index < -0.39 is 24.3 Å². The highest BCUT2D eigenvalue weighted by Gasteiger charge is 2.33. The summed E-state index contributed by atoms with van der Waals surface area (Å²) in [6, 6.07) is 21.0. The van der Waals surface area contributed by atoms with Crippen molar-refractivity contribution in [2.24, 2.45) is 0 Å². The average molecular weight is 548 g/mol. The summed E-state index contributed by atoms with van der Waals surface area (Å²) in [6.45, 7) is 4.31. The molecule has 9 heteroatoms. The summed E-state index contributed by atoms with van der Waals surface area (Å²) >= 11 is 0. The van der Waals surface area contributed by atoms with Crippen molar-refractivity contribution in [2.75, 3.05) is 25.5 Å². The van der Waals surface area contributed by atoms with Crippen molar-refractivity contribution in [3.63, 3.8) is 0 Å². The zero-order valence-electron chi connectivity index (χ0n) is 23.2. The van der Waals surface area contributed by atoms with Crippen molar-refractivity contribution >= 4 is 17.6 Å². The number of carbonyl (C=O) groups excluding carboxylic acids is 2. The quantitative estimate of drug-likeness (QED) is 0.344. The number of aliphatic hydroxyl groups is 1. The second-order valence-corrected chi connectivity index (χ2v) is 10.0. The fraction of sp³-hybridized carbons (Fsp3) is 0.387. The van der Waals surface area contributed by atoms with Crippen LogP contribution in [0.1, 0.15) is 55.0 Å². The number of likely N-dealkylation sites (N-methyl/N-ethyl adjacent to an activating group) is 1. The first-order valence-electron chi connectivity index (χ1n) is 13.5. The second kappa shape index (κ2) is 14.1. The van der Waals surface area contributed by atoms with Crippen molar-refractivity contribution in [3.05, 3.63) is 95.3 Å². The predicted octanol–water partition coefficient (Wildman–Crippen LogP) is 4.18. The molecule has 4 unspecified atom stereocenters. The summed E-state index contributed by atoms with van der Waals surface area (Å²) in [4.78, 5) is 30.4. The van der Waals surface area contributed by atoms with Gasteiger partial charge in [-0.05, 0) is 49.4 Å². The summed E-state index contributed by atoms with van der Waals surface area (Å²) in [7, 11) is 2.07. The van der Waals surface area contributed by atoms with Gasteiger partial charge in [-0.2, -0.15) is 0 Å². The van der Waals surface area contributed by atoms with E-state index in [1.807, 2.05) is 66.9 Å². The Kier molecular flexibility index (Phi) is 10.4. The molecule has 1 aromatic heterocycles. The Bertz CT molecular complexity index is 1250. The summed E-state index contributed by atoms with van der Waals surface area (Å²) < 4.78 is 17.9. The molecule has 0 bridgehead atoms. The number of esters is 1. The number of nitrogens with zero attached hydrogens (tertiary/aromatic N) is 2. The minimum Gasteiger partial charge on any atom is -0.453 e. The average Bonchev–Trinajstić information content (AvgIpc) is 2.96. The zero-order chi connectivity index (χ0) is 28.5. The van der Waals surface area contributed by atoms with Crippen LogP contribution in [0.5, 0.6) is 0 Å². The van der Waals surface area contributed by atoms with Crippen LogP contribution in [0, 0.1) is 0 Å². The van der Waals surface area contributed by atoms with Crippen LogP contribution in [0.15, 0.2) is 72.9 Å². The lowest BCUT2D eigenvalue weighted by atomic mass is 9.99. The van der Waals surface area contributed by atoms with Gasteiger partial charge < -0.3 is 29.5 Å². The topological polar surface area (TPSA) is 110 Å². The lowest BCUT2D eigenvalue weighted by Gasteiger charge is -2.38. The minimum absolute atomic E-state index is 0.0180. The lowest BCUT2D eigenvalue weighted by Crippen LogP contribution is -2.38. The van der Waals surface area contributed by atoms with Gasteiger partial charge in [0.25, 0.3) is 5.91 Å². The van der Waals surface area contributed by atoms with Crippen LogP contribution in [-0.4, -0.2) is 59.2 Å². The van der Waals surface area contributed by atoms with Crippen LogP contribution in [0.3, 0.4) is 0 Å². The monoisotopic (exact) mass is 547 g/mol. The number of anilines is 1. The molecule has 0 radical (unpaired) electrons. The van der Waals surface area contributed by atoms with Gasteiger partial charge in [0.05, 0.1) is 18.8 Å². The van der Waals surface area contributed by atoms with E-state index in [1.54, 1.807) is 6.07 Å². The van der Waals surface area contributed by atoms with Gasteiger partial charge in [0.2, 0.25) is 0 Å². The van der Waals surface area contributed by atoms with Gasteiger partial charge in [-0.25, -0.2) is 0 Å². The maximum absolute atomic E-state index is 12.5. The Morgan fingerprint density at radius 3 is 2.60 bits per heavy atom. The van der Waals surface area contributed by atoms with Crippen LogP contribution in [0.25, 0.3) is 0 Å². The molecule has 1 amide bonds. The van der Waals surface area contributed by atoms with Crippen molar-refractivity contribution in [3.8, 4) is 0 Å². The number of pyridine rings is 1. The molecule has 1 saturated heterocycles. The first-order valence-corrected chi connectivity index (χ1v) is 13.5. The van der Waals surface area contributed by atoms with Crippen molar-refractivity contribution in [1.29, 1.82) is 0 Å². The number of hydrogen-bond acceptors (Lipinski definition) is 8. The number of ether oxygens (including phenoxy) is 3. The van der Waals surface area contributed by atoms with E-state index >= 15 is 0 Å². The molecule has 1 aliphatic rings. The first-order chi connectivity index (χ1) is 19.3. The number of rotatable bonds is 11. The van der Waals surface area contributed by atoms with E-state index in [2.05, 4.69) is 22.2 Å². The van der Waals surface area contributed by atoms with Crippen LogP contribution in [-0.2, 0) is 36.8 Å². The SMILES string of the molecule is CC(=O)OC(C)C(=O)Nc1cccc(C2OC(CN(C)CCc3ccccn3)CC(c3ccc(CO)cc3)O2)c1. The number of nitrogens with one attached hydrogen (secondary N) is 1. The van der Waals surface area contributed by atoms with Gasteiger partial charge >= 0.3 is 5.97 Å². The zero-order valence-corrected chi connectivity index (χ0v) is 23.2. The fourth-order valence-electron chi connectivity index (χ4n) is 4.63. The molecular formula is C31H37N3O6. The standard InChI is InChI=1S/C31H37N3O6/c1-21(38-22(2)36)30(37)33-27-9-6-7-25(17-27)31-39-28(19-34(3)16-14-26-8-4-5-15-32-26)18-29(40-31)24-12-10-23(20-35)11-13-24/h4-13,15,17,21,28-29,31,35H,14,16,18-20H2,1-3H3,(H,33,37). The third kappa shape index (κ3) is 8.43. The van der Waals surface area contributed by atoms with Gasteiger partial charge in [-0.1, -0.05) is 42.5 Å². The van der Waals surface area contributed by atoms with E-state index in [-0.39, 0.29) is 18.8 Å². The molecule has 40 heavy (non-hydrogen) atoms. The summed E-state index contributed by atoms with van der Waals surface area (Å²) in [5.74, 6) is -0.943. The lowest BCUT2D eigenvalue weighted by molar-refractivity contribution is -0.252. The smallest absolute Gasteiger partial charge is 0.303 e. The van der Waals surface area contributed by atoms with Crippen molar-refractivity contribution in [2.45, 2.75) is 57.9 Å². The normalized spacial score (nSPS) is 19.7. The van der Waals surface area contributed by atoms with Crippen LogP contribution in [0.2, 0.25) is 0 Å². The van der Waals surface area contributed by atoms with Gasteiger partial charge in [0.1, 0.15) is 0 Å². The van der Waals surface area contributed by atoms with E-state index in [9.17, 15) is 14.7 Å². The molecule has 4 rings (SSSR count). The molecule has 212 valence electrons. The van der Waals surface area contributed by atoms with Crippen molar-refractivity contribution < 1.29 is 28.9 Å². The summed E-state index contributed by atoms with van der Waals surface area (Å²) in [5, 5.41) is 12.2. The fourth-order valence-corrected chi connectivity index (χ4v) is 4.63. The predicted molar refractivity (Wildman–Crippen MR) is 150 cm³/mol. The van der Waals surface area contributed by atoms with E-state index in [0.717, 1.165) is 35.3 Å². The highest BCUT2D eigenvalue weighted by molar-refractivity contribution is 5.95. The van der Waals surface area contributed by atoms with E-state index in [1.165, 1.54) is 13.8 Å². The second-order valence-electron chi connectivity index (χ2n) is 10.0. The Morgan fingerprint density at radius 1 is 1.10 bits per heavy atom. The number of aromatic nitrogens is 1. The number of carbonyl (C=O) groups is 2.